The molecule has 1 N–H and O–H groups in total. The van der Waals surface area contributed by atoms with Crippen LogP contribution in [0.15, 0.2) is 42.5 Å². The van der Waals surface area contributed by atoms with Gasteiger partial charge in [0.2, 0.25) is 0 Å². The van der Waals surface area contributed by atoms with Gasteiger partial charge in [-0.05, 0) is 30.7 Å². The molecule has 0 aliphatic carbocycles. The molecule has 0 spiro atoms. The van der Waals surface area contributed by atoms with Gasteiger partial charge < -0.3 is 9.84 Å². The predicted molar refractivity (Wildman–Crippen MR) is 71.3 cm³/mol. The molecule has 0 radical (unpaired) electrons. The number of carboxylic acids is 1. The molecule has 20 heavy (non-hydrogen) atoms. The number of nitrogens with zero attached hydrogens (tertiary/aromatic N) is 1. The highest BCUT2D eigenvalue weighted by Gasteiger charge is 2.10. The molecule has 2 rings (SSSR count). The zero-order valence-corrected chi connectivity index (χ0v) is 10.6. The van der Waals surface area contributed by atoms with Crippen LogP contribution in [0.5, 0.6) is 11.5 Å². The number of hydrogen-bond acceptors (Lipinski definition) is 4. The van der Waals surface area contributed by atoms with Crippen molar-refractivity contribution >= 4 is 11.7 Å². The highest BCUT2D eigenvalue weighted by atomic mass is 16.6. The van der Waals surface area contributed by atoms with Crippen LogP contribution < -0.4 is 4.74 Å². The van der Waals surface area contributed by atoms with Crippen LogP contribution in [0.25, 0.3) is 0 Å². The van der Waals surface area contributed by atoms with Gasteiger partial charge >= 0.3 is 5.97 Å². The van der Waals surface area contributed by atoms with Gasteiger partial charge in [-0.15, -0.1) is 0 Å². The number of nitro groups is 1. The van der Waals surface area contributed by atoms with Crippen molar-refractivity contribution < 1.29 is 19.6 Å². The van der Waals surface area contributed by atoms with Gasteiger partial charge in [-0.3, -0.25) is 10.1 Å². The number of non-ortho nitro benzene ring substituents is 1. The van der Waals surface area contributed by atoms with Crippen LogP contribution in [0.3, 0.4) is 0 Å². The van der Waals surface area contributed by atoms with E-state index in [1.165, 1.54) is 30.3 Å². The van der Waals surface area contributed by atoms with Crippen molar-refractivity contribution in [3.8, 4) is 11.5 Å². The first-order valence-corrected chi connectivity index (χ1v) is 5.73. The normalized spacial score (nSPS) is 10.1. The van der Waals surface area contributed by atoms with Crippen molar-refractivity contribution in [2.75, 3.05) is 0 Å². The van der Waals surface area contributed by atoms with Gasteiger partial charge in [-0.1, -0.05) is 12.1 Å². The van der Waals surface area contributed by atoms with Crippen molar-refractivity contribution in [3.05, 3.63) is 63.7 Å². The minimum atomic E-state index is -1.06. The molecule has 0 bridgehead atoms. The van der Waals surface area contributed by atoms with Crippen molar-refractivity contribution in [2.24, 2.45) is 0 Å². The molecule has 102 valence electrons. The molecule has 0 unspecified atom stereocenters. The van der Waals surface area contributed by atoms with Crippen LogP contribution in [0, 0.1) is 17.0 Å². The lowest BCUT2D eigenvalue weighted by Crippen LogP contribution is -1.98. The predicted octanol–water partition coefficient (Wildman–Crippen LogP) is 3.39. The second-order valence-electron chi connectivity index (χ2n) is 4.14. The summed E-state index contributed by atoms with van der Waals surface area (Å²) in [6.07, 6.45) is 0. The fourth-order valence-corrected chi connectivity index (χ4v) is 1.63. The summed E-state index contributed by atoms with van der Waals surface area (Å²) in [5.41, 5.74) is 0.743. The first kappa shape index (κ1) is 13.5. The number of carboxylic acid groups (broad SMARTS) is 1. The van der Waals surface area contributed by atoms with E-state index in [1.54, 1.807) is 19.1 Å². The number of nitro benzene ring substituents is 1. The Morgan fingerprint density at radius 3 is 2.65 bits per heavy atom. The molecule has 0 saturated heterocycles. The lowest BCUT2D eigenvalue weighted by Gasteiger charge is -2.09. The molecule has 0 aliphatic rings. The summed E-state index contributed by atoms with van der Waals surface area (Å²) in [7, 11) is 0. The Kier molecular flexibility index (Phi) is 3.65. The molecule has 0 amide bonds. The molecule has 2 aromatic carbocycles. The van der Waals surface area contributed by atoms with E-state index < -0.39 is 10.9 Å². The molecule has 2 aromatic rings. The highest BCUT2D eigenvalue weighted by Crippen LogP contribution is 2.28. The highest BCUT2D eigenvalue weighted by molar-refractivity contribution is 5.88. The SMILES string of the molecule is Cc1ccc(C(=O)O)cc1Oc1cccc([N+](=O)[O-])c1. The van der Waals surface area contributed by atoms with Crippen LogP contribution in [0.1, 0.15) is 15.9 Å². The topological polar surface area (TPSA) is 89.7 Å². The fraction of sp³-hybridized carbons (Fsp3) is 0.0714. The molecule has 0 atom stereocenters. The molecule has 0 aliphatic heterocycles. The van der Waals surface area contributed by atoms with Gasteiger partial charge in [-0.25, -0.2) is 4.79 Å². The molecular formula is C14H11NO5. The van der Waals surface area contributed by atoms with E-state index in [1.807, 2.05) is 0 Å². The number of aryl methyl sites for hydroxylation is 1. The van der Waals surface area contributed by atoms with Crippen molar-refractivity contribution in [1.82, 2.24) is 0 Å². The standard InChI is InChI=1S/C14H11NO5/c1-9-5-6-10(14(16)17)7-13(9)20-12-4-2-3-11(8-12)15(18)19/h2-8H,1H3,(H,16,17). The van der Waals surface area contributed by atoms with Gasteiger partial charge in [0.05, 0.1) is 16.6 Å². The van der Waals surface area contributed by atoms with E-state index in [2.05, 4.69) is 0 Å². The zero-order chi connectivity index (χ0) is 14.7. The van der Waals surface area contributed by atoms with Gasteiger partial charge in [0.25, 0.3) is 5.69 Å². The first-order chi connectivity index (χ1) is 9.47. The van der Waals surface area contributed by atoms with Gasteiger partial charge in [0, 0.05) is 6.07 Å². The first-order valence-electron chi connectivity index (χ1n) is 5.73. The Hall–Kier alpha value is -2.89. The third kappa shape index (κ3) is 2.92. The Balaban J connectivity index is 2.34. The van der Waals surface area contributed by atoms with Crippen molar-refractivity contribution in [1.29, 1.82) is 0 Å². The maximum Gasteiger partial charge on any atom is 0.335 e. The minimum Gasteiger partial charge on any atom is -0.478 e. The van der Waals surface area contributed by atoms with Crippen LogP contribution in [0.2, 0.25) is 0 Å². The van der Waals surface area contributed by atoms with E-state index in [0.717, 1.165) is 5.56 Å². The van der Waals surface area contributed by atoms with E-state index in [-0.39, 0.29) is 17.0 Å². The third-order valence-corrected chi connectivity index (χ3v) is 2.69. The smallest absolute Gasteiger partial charge is 0.335 e. The second kappa shape index (κ2) is 5.40. The molecule has 0 aromatic heterocycles. The van der Waals surface area contributed by atoms with E-state index in [4.69, 9.17) is 9.84 Å². The lowest BCUT2D eigenvalue weighted by atomic mass is 10.1. The van der Waals surface area contributed by atoms with Crippen LogP contribution in [0.4, 0.5) is 5.69 Å². The average molecular weight is 273 g/mol. The number of ether oxygens (including phenoxy) is 1. The maximum absolute atomic E-state index is 10.9. The molecule has 6 heteroatoms. The summed E-state index contributed by atoms with van der Waals surface area (Å²) in [5.74, 6) is -0.427. The quantitative estimate of drug-likeness (QED) is 0.681. The van der Waals surface area contributed by atoms with Crippen LogP contribution in [-0.4, -0.2) is 16.0 Å². The fourth-order valence-electron chi connectivity index (χ4n) is 1.63. The summed E-state index contributed by atoms with van der Waals surface area (Å²) in [4.78, 5) is 21.1. The molecule has 0 fully saturated rings. The van der Waals surface area contributed by atoms with E-state index in [9.17, 15) is 14.9 Å². The second-order valence-corrected chi connectivity index (χ2v) is 4.14. The van der Waals surface area contributed by atoms with Gasteiger partial charge in [-0.2, -0.15) is 0 Å². The monoisotopic (exact) mass is 273 g/mol. The number of hydrogen-bond donors (Lipinski definition) is 1. The van der Waals surface area contributed by atoms with Crippen LogP contribution >= 0.6 is 0 Å². The number of aromatic carboxylic acids is 1. The molecular weight excluding hydrogens is 262 g/mol. The molecule has 6 nitrogen and oxygen atoms in total. The van der Waals surface area contributed by atoms with Crippen molar-refractivity contribution in [2.45, 2.75) is 6.92 Å². The summed E-state index contributed by atoms with van der Waals surface area (Å²) >= 11 is 0. The molecule has 0 saturated carbocycles. The summed E-state index contributed by atoms with van der Waals surface area (Å²) in [6, 6.07) is 10.2. The number of carbonyl (C=O) groups is 1. The Labute approximate surface area is 114 Å². The van der Waals surface area contributed by atoms with Gasteiger partial charge in [0.15, 0.2) is 0 Å². The summed E-state index contributed by atoms with van der Waals surface area (Å²) < 4.78 is 5.52. The lowest BCUT2D eigenvalue weighted by molar-refractivity contribution is -0.384. The largest absolute Gasteiger partial charge is 0.478 e. The zero-order valence-electron chi connectivity index (χ0n) is 10.6. The van der Waals surface area contributed by atoms with Crippen LogP contribution in [-0.2, 0) is 0 Å². The Morgan fingerprint density at radius 2 is 2.00 bits per heavy atom. The molecule has 0 heterocycles. The minimum absolute atomic E-state index is 0.0884. The summed E-state index contributed by atoms with van der Waals surface area (Å²) in [6.45, 7) is 1.76. The average Bonchev–Trinajstić information content (AvgIpc) is 2.41. The number of benzene rings is 2. The van der Waals surface area contributed by atoms with E-state index >= 15 is 0 Å². The van der Waals surface area contributed by atoms with Gasteiger partial charge in [0.1, 0.15) is 11.5 Å². The Bertz CT molecular complexity index is 681. The maximum atomic E-state index is 10.9. The Morgan fingerprint density at radius 1 is 1.25 bits per heavy atom. The van der Waals surface area contributed by atoms with E-state index in [0.29, 0.717) is 5.75 Å². The third-order valence-electron chi connectivity index (χ3n) is 2.69. The van der Waals surface area contributed by atoms with Crippen molar-refractivity contribution in [3.63, 3.8) is 0 Å². The summed E-state index contributed by atoms with van der Waals surface area (Å²) in [5, 5.41) is 19.6. The number of rotatable bonds is 4.